The van der Waals surface area contributed by atoms with Crippen molar-refractivity contribution in [2.24, 2.45) is 0 Å². The van der Waals surface area contributed by atoms with E-state index in [2.05, 4.69) is 14.5 Å². The molecule has 0 spiro atoms. The predicted molar refractivity (Wildman–Crippen MR) is 86.4 cm³/mol. The lowest BCUT2D eigenvalue weighted by Crippen LogP contribution is -2.06. The van der Waals surface area contributed by atoms with Gasteiger partial charge in [0.15, 0.2) is 0 Å². The Balaban J connectivity index is 2.01. The van der Waals surface area contributed by atoms with Gasteiger partial charge >= 0.3 is 0 Å². The molecule has 0 N–H and O–H groups in total. The quantitative estimate of drug-likeness (QED) is 0.666. The molecule has 1 aromatic carbocycles. The van der Waals surface area contributed by atoms with Gasteiger partial charge in [0.25, 0.3) is 0 Å². The number of methoxy groups -OCH3 is 1. The molecule has 3 aromatic rings. The molecule has 2 heterocycles. The summed E-state index contributed by atoms with van der Waals surface area (Å²) in [5, 5.41) is 2.97. The molecule has 0 saturated heterocycles. The van der Waals surface area contributed by atoms with E-state index in [-0.39, 0.29) is 5.38 Å². The number of nitrogens with zero attached hydrogens (tertiary/aromatic N) is 3. The van der Waals surface area contributed by atoms with Gasteiger partial charge in [-0.25, -0.2) is 9.97 Å². The highest BCUT2D eigenvalue weighted by molar-refractivity contribution is 7.09. The van der Waals surface area contributed by atoms with E-state index in [9.17, 15) is 0 Å². The van der Waals surface area contributed by atoms with E-state index >= 15 is 0 Å². The summed E-state index contributed by atoms with van der Waals surface area (Å²) in [7, 11) is 1.67. The summed E-state index contributed by atoms with van der Waals surface area (Å²) < 4.78 is 7.48. The monoisotopic (exact) mass is 321 g/mol. The Morgan fingerprint density at radius 2 is 2.29 bits per heavy atom. The first-order valence-corrected chi connectivity index (χ1v) is 8.07. The Labute approximate surface area is 132 Å². The average molecular weight is 322 g/mol. The first-order chi connectivity index (χ1) is 10.2. The lowest BCUT2D eigenvalue weighted by molar-refractivity contribution is 0.415. The maximum absolute atomic E-state index is 6.29. The van der Waals surface area contributed by atoms with Crippen molar-refractivity contribution in [1.82, 2.24) is 14.5 Å². The number of ether oxygens (including phenoxy) is 1. The number of imidazole rings is 1. The van der Waals surface area contributed by atoms with Gasteiger partial charge in [0.2, 0.25) is 0 Å². The highest BCUT2D eigenvalue weighted by Crippen LogP contribution is 2.27. The number of hydrogen-bond acceptors (Lipinski definition) is 4. The summed E-state index contributed by atoms with van der Waals surface area (Å²) >= 11 is 7.96. The molecule has 3 rings (SSSR count). The molecule has 21 heavy (non-hydrogen) atoms. The zero-order valence-electron chi connectivity index (χ0n) is 11.9. The van der Waals surface area contributed by atoms with Crippen LogP contribution in [0.2, 0.25) is 0 Å². The summed E-state index contributed by atoms with van der Waals surface area (Å²) in [6, 6.07) is 5.90. The minimum atomic E-state index is -0.139. The van der Waals surface area contributed by atoms with Crippen LogP contribution in [0.4, 0.5) is 0 Å². The highest BCUT2D eigenvalue weighted by atomic mass is 35.5. The molecule has 110 valence electrons. The van der Waals surface area contributed by atoms with Crippen molar-refractivity contribution in [1.29, 1.82) is 0 Å². The SMILES string of the molecule is COc1ccc2nc(C(C)Cl)n(CCc3nccs3)c2c1. The molecular formula is C15H16ClN3OS. The smallest absolute Gasteiger partial charge is 0.127 e. The van der Waals surface area contributed by atoms with Gasteiger partial charge in [-0.1, -0.05) is 0 Å². The number of benzene rings is 1. The number of rotatable bonds is 5. The van der Waals surface area contributed by atoms with Crippen LogP contribution in [0.1, 0.15) is 23.1 Å². The van der Waals surface area contributed by atoms with Crippen molar-refractivity contribution < 1.29 is 4.74 Å². The van der Waals surface area contributed by atoms with Crippen LogP contribution < -0.4 is 4.74 Å². The maximum Gasteiger partial charge on any atom is 0.127 e. The van der Waals surface area contributed by atoms with Gasteiger partial charge in [-0.15, -0.1) is 22.9 Å². The first-order valence-electron chi connectivity index (χ1n) is 6.75. The summed E-state index contributed by atoms with van der Waals surface area (Å²) in [4.78, 5) is 8.98. The summed E-state index contributed by atoms with van der Waals surface area (Å²) in [5.74, 6) is 1.71. The number of alkyl halides is 1. The number of hydrogen-bond donors (Lipinski definition) is 0. The van der Waals surface area contributed by atoms with E-state index in [1.54, 1.807) is 18.4 Å². The predicted octanol–water partition coefficient (Wildman–Crippen LogP) is 4.04. The van der Waals surface area contributed by atoms with Gasteiger partial charge in [0.1, 0.15) is 11.6 Å². The minimum Gasteiger partial charge on any atom is -0.497 e. The second-order valence-electron chi connectivity index (χ2n) is 4.77. The van der Waals surface area contributed by atoms with Gasteiger partial charge in [-0.3, -0.25) is 0 Å². The fraction of sp³-hybridized carbons (Fsp3) is 0.333. The third kappa shape index (κ3) is 2.89. The van der Waals surface area contributed by atoms with E-state index in [0.29, 0.717) is 0 Å². The molecule has 2 aromatic heterocycles. The van der Waals surface area contributed by atoms with Crippen molar-refractivity contribution in [3.63, 3.8) is 0 Å². The van der Waals surface area contributed by atoms with Crippen LogP contribution in [0.15, 0.2) is 29.8 Å². The standard InChI is InChI=1S/C15H16ClN3OS/c1-10(16)15-18-12-4-3-11(20-2)9-13(12)19(15)7-5-14-17-6-8-21-14/h3-4,6,8-10H,5,7H2,1-2H3. The largest absolute Gasteiger partial charge is 0.497 e. The van der Waals surface area contributed by atoms with Crippen LogP contribution in [0, 0.1) is 0 Å². The third-order valence-electron chi connectivity index (χ3n) is 3.37. The second kappa shape index (κ2) is 6.03. The van der Waals surface area contributed by atoms with E-state index in [1.165, 1.54) is 0 Å². The fourth-order valence-corrected chi connectivity index (χ4v) is 3.15. The van der Waals surface area contributed by atoms with E-state index in [0.717, 1.165) is 40.6 Å². The molecule has 0 radical (unpaired) electrons. The molecule has 0 bridgehead atoms. The molecule has 0 aliphatic heterocycles. The highest BCUT2D eigenvalue weighted by Gasteiger charge is 2.15. The fourth-order valence-electron chi connectivity index (χ4n) is 2.37. The lowest BCUT2D eigenvalue weighted by Gasteiger charge is -2.10. The van der Waals surface area contributed by atoms with Gasteiger partial charge < -0.3 is 9.30 Å². The van der Waals surface area contributed by atoms with Crippen molar-refractivity contribution in [2.75, 3.05) is 7.11 Å². The molecule has 0 aliphatic rings. The zero-order chi connectivity index (χ0) is 14.8. The van der Waals surface area contributed by atoms with E-state index in [1.807, 2.05) is 36.7 Å². The Hall–Kier alpha value is -1.59. The summed E-state index contributed by atoms with van der Waals surface area (Å²) in [5.41, 5.74) is 1.99. The Morgan fingerprint density at radius 3 is 2.95 bits per heavy atom. The topological polar surface area (TPSA) is 39.9 Å². The van der Waals surface area contributed by atoms with Crippen LogP contribution in [0.3, 0.4) is 0 Å². The Morgan fingerprint density at radius 1 is 1.43 bits per heavy atom. The average Bonchev–Trinajstić information content (AvgIpc) is 3.11. The molecule has 4 nitrogen and oxygen atoms in total. The van der Waals surface area contributed by atoms with Gasteiger partial charge in [0, 0.05) is 30.6 Å². The number of thiazole rings is 1. The minimum absolute atomic E-state index is 0.139. The summed E-state index contributed by atoms with van der Waals surface area (Å²) in [6.45, 7) is 2.75. The molecular weight excluding hydrogens is 306 g/mol. The molecule has 1 atom stereocenters. The zero-order valence-corrected chi connectivity index (χ0v) is 13.5. The van der Waals surface area contributed by atoms with Crippen LogP contribution in [-0.2, 0) is 13.0 Å². The van der Waals surface area contributed by atoms with Crippen molar-refractivity contribution >= 4 is 34.0 Å². The first kappa shape index (κ1) is 14.4. The van der Waals surface area contributed by atoms with Gasteiger partial charge in [0.05, 0.1) is 28.5 Å². The van der Waals surface area contributed by atoms with Crippen LogP contribution in [0.5, 0.6) is 5.75 Å². The molecule has 0 aliphatic carbocycles. The number of fused-ring (bicyclic) bond motifs is 1. The third-order valence-corrected chi connectivity index (χ3v) is 4.41. The maximum atomic E-state index is 6.29. The van der Waals surface area contributed by atoms with Crippen molar-refractivity contribution in [3.8, 4) is 5.75 Å². The normalized spacial score (nSPS) is 12.7. The second-order valence-corrected chi connectivity index (χ2v) is 6.40. The Kier molecular flexibility index (Phi) is 4.12. The summed E-state index contributed by atoms with van der Waals surface area (Å²) in [6.07, 6.45) is 2.71. The van der Waals surface area contributed by atoms with Crippen LogP contribution in [-0.4, -0.2) is 21.6 Å². The van der Waals surface area contributed by atoms with Crippen molar-refractivity contribution in [2.45, 2.75) is 25.3 Å². The lowest BCUT2D eigenvalue weighted by atomic mass is 10.3. The number of halogens is 1. The van der Waals surface area contributed by atoms with Gasteiger partial charge in [-0.05, 0) is 19.1 Å². The van der Waals surface area contributed by atoms with E-state index < -0.39 is 0 Å². The molecule has 0 fully saturated rings. The van der Waals surface area contributed by atoms with E-state index in [4.69, 9.17) is 16.3 Å². The molecule has 6 heteroatoms. The number of aromatic nitrogens is 3. The molecule has 0 amide bonds. The van der Waals surface area contributed by atoms with Gasteiger partial charge in [-0.2, -0.15) is 0 Å². The Bertz CT molecular complexity index is 737. The van der Waals surface area contributed by atoms with Crippen molar-refractivity contribution in [3.05, 3.63) is 40.6 Å². The number of aryl methyl sites for hydroxylation is 2. The molecule has 1 unspecified atom stereocenters. The molecule has 0 saturated carbocycles. The van der Waals surface area contributed by atoms with Crippen LogP contribution in [0.25, 0.3) is 11.0 Å². The van der Waals surface area contributed by atoms with Crippen LogP contribution >= 0.6 is 22.9 Å².